The molecule has 1 unspecified atom stereocenters. The van der Waals surface area contributed by atoms with Gasteiger partial charge in [-0.25, -0.2) is 9.37 Å². The molecule has 1 aliphatic heterocycles. The number of nitrogens with zero attached hydrogens (tertiary/aromatic N) is 2. The van der Waals surface area contributed by atoms with Crippen molar-refractivity contribution in [3.63, 3.8) is 0 Å². The SMILES string of the molecule is Cc1cccc2[nH]c(C(=O)N3CCCCC3c3ncc(Cc4cccc(F)c4)o3)cc12. The first-order chi connectivity index (χ1) is 15.1. The lowest BCUT2D eigenvalue weighted by molar-refractivity contribution is 0.0565. The molecule has 1 N–H and O–H groups in total. The van der Waals surface area contributed by atoms with Crippen molar-refractivity contribution < 1.29 is 13.6 Å². The summed E-state index contributed by atoms with van der Waals surface area (Å²) >= 11 is 0. The van der Waals surface area contributed by atoms with Gasteiger partial charge in [0, 0.05) is 23.9 Å². The van der Waals surface area contributed by atoms with Crippen LogP contribution in [0.15, 0.2) is 59.1 Å². The highest BCUT2D eigenvalue weighted by molar-refractivity contribution is 5.99. The van der Waals surface area contributed by atoms with Crippen LogP contribution in [0.25, 0.3) is 10.9 Å². The van der Waals surface area contributed by atoms with E-state index in [9.17, 15) is 9.18 Å². The van der Waals surface area contributed by atoms with Gasteiger partial charge in [0.2, 0.25) is 5.89 Å². The maximum absolute atomic E-state index is 13.5. The van der Waals surface area contributed by atoms with E-state index in [0.717, 1.165) is 41.3 Å². The minimum absolute atomic E-state index is 0.0369. The number of amides is 1. The zero-order valence-electron chi connectivity index (χ0n) is 17.4. The largest absolute Gasteiger partial charge is 0.443 e. The molecule has 4 aromatic rings. The molecule has 0 saturated carbocycles. The number of carbonyl (C=O) groups is 1. The number of rotatable bonds is 4. The number of aromatic nitrogens is 2. The first kappa shape index (κ1) is 19.5. The van der Waals surface area contributed by atoms with Crippen molar-refractivity contribution in [1.29, 1.82) is 0 Å². The van der Waals surface area contributed by atoms with E-state index < -0.39 is 0 Å². The fourth-order valence-corrected chi connectivity index (χ4v) is 4.41. The second-order valence-electron chi connectivity index (χ2n) is 8.20. The van der Waals surface area contributed by atoms with E-state index in [1.54, 1.807) is 12.3 Å². The highest BCUT2D eigenvalue weighted by Gasteiger charge is 2.32. The molecule has 1 fully saturated rings. The van der Waals surface area contributed by atoms with Crippen molar-refractivity contribution >= 4 is 16.8 Å². The topological polar surface area (TPSA) is 62.1 Å². The molecule has 5 nitrogen and oxygen atoms in total. The first-order valence-electron chi connectivity index (χ1n) is 10.7. The maximum Gasteiger partial charge on any atom is 0.270 e. The van der Waals surface area contributed by atoms with Gasteiger partial charge in [-0.05, 0) is 61.6 Å². The Balaban J connectivity index is 1.39. The second-order valence-corrected chi connectivity index (χ2v) is 8.20. The summed E-state index contributed by atoms with van der Waals surface area (Å²) in [5.41, 5.74) is 3.51. The molecule has 5 rings (SSSR count). The fourth-order valence-electron chi connectivity index (χ4n) is 4.41. The minimum Gasteiger partial charge on any atom is -0.443 e. The molecule has 1 amide bonds. The van der Waals surface area contributed by atoms with Crippen LogP contribution in [0, 0.1) is 12.7 Å². The fraction of sp³-hybridized carbons (Fsp3) is 0.280. The maximum atomic E-state index is 13.5. The molecule has 6 heteroatoms. The molecule has 0 bridgehead atoms. The number of hydrogen-bond donors (Lipinski definition) is 1. The predicted molar refractivity (Wildman–Crippen MR) is 116 cm³/mol. The number of fused-ring (bicyclic) bond motifs is 1. The highest BCUT2D eigenvalue weighted by Crippen LogP contribution is 2.33. The first-order valence-corrected chi connectivity index (χ1v) is 10.7. The number of H-pyrrole nitrogens is 1. The van der Waals surface area contributed by atoms with Gasteiger partial charge in [-0.1, -0.05) is 24.3 Å². The predicted octanol–water partition coefficient (Wildman–Crippen LogP) is 5.56. The molecule has 0 radical (unpaired) electrons. The molecule has 2 aromatic heterocycles. The lowest BCUT2D eigenvalue weighted by Gasteiger charge is -2.33. The Labute approximate surface area is 179 Å². The number of nitrogens with one attached hydrogen (secondary N) is 1. The van der Waals surface area contributed by atoms with E-state index in [0.29, 0.717) is 30.3 Å². The van der Waals surface area contributed by atoms with E-state index in [2.05, 4.69) is 9.97 Å². The Kier molecular flexibility index (Phi) is 5.06. The van der Waals surface area contributed by atoms with Gasteiger partial charge >= 0.3 is 0 Å². The van der Waals surface area contributed by atoms with E-state index in [-0.39, 0.29) is 17.8 Å². The number of piperidine rings is 1. The van der Waals surface area contributed by atoms with Crippen LogP contribution in [0.3, 0.4) is 0 Å². The Hall–Kier alpha value is -3.41. The number of carbonyl (C=O) groups excluding carboxylic acids is 1. The van der Waals surface area contributed by atoms with Crippen LogP contribution >= 0.6 is 0 Å². The van der Waals surface area contributed by atoms with Crippen LogP contribution in [-0.4, -0.2) is 27.3 Å². The second kappa shape index (κ2) is 8.02. The molecule has 158 valence electrons. The summed E-state index contributed by atoms with van der Waals surface area (Å²) in [5, 5.41) is 1.06. The Morgan fingerprint density at radius 3 is 2.94 bits per heavy atom. The summed E-state index contributed by atoms with van der Waals surface area (Å²) < 4.78 is 19.5. The van der Waals surface area contributed by atoms with Crippen molar-refractivity contribution in [2.24, 2.45) is 0 Å². The third-order valence-corrected chi connectivity index (χ3v) is 6.00. The number of aromatic amines is 1. The van der Waals surface area contributed by atoms with Crippen molar-refractivity contribution in [2.75, 3.05) is 6.54 Å². The third kappa shape index (κ3) is 3.85. The van der Waals surface area contributed by atoms with Gasteiger partial charge in [0.25, 0.3) is 5.91 Å². The summed E-state index contributed by atoms with van der Waals surface area (Å²) in [6.45, 7) is 2.71. The lowest BCUT2D eigenvalue weighted by atomic mass is 10.0. The summed E-state index contributed by atoms with van der Waals surface area (Å²) in [6.07, 6.45) is 4.93. The zero-order valence-corrected chi connectivity index (χ0v) is 17.4. The van der Waals surface area contributed by atoms with Crippen LogP contribution in [0.4, 0.5) is 4.39 Å². The molecule has 1 atom stereocenters. The van der Waals surface area contributed by atoms with Gasteiger partial charge in [0.15, 0.2) is 0 Å². The average Bonchev–Trinajstić information content (AvgIpc) is 3.41. The van der Waals surface area contributed by atoms with Crippen molar-refractivity contribution in [1.82, 2.24) is 14.9 Å². The standard InChI is InChI=1S/C25H24FN3O2/c1-16-6-4-9-21-20(16)14-22(28-21)25(30)29-11-3-2-10-23(29)24-27-15-19(31-24)13-17-7-5-8-18(26)12-17/h4-9,12,14-15,23,28H,2-3,10-11,13H2,1H3. The summed E-state index contributed by atoms with van der Waals surface area (Å²) in [5.74, 6) is 0.909. The minimum atomic E-state index is -0.269. The Morgan fingerprint density at radius 1 is 1.23 bits per heavy atom. The summed E-state index contributed by atoms with van der Waals surface area (Å²) in [6, 6.07) is 14.2. The molecule has 2 aromatic carbocycles. The number of aryl methyl sites for hydroxylation is 1. The number of likely N-dealkylation sites (tertiary alicyclic amines) is 1. The molecule has 1 aliphatic rings. The monoisotopic (exact) mass is 417 g/mol. The number of benzene rings is 2. The molecular weight excluding hydrogens is 393 g/mol. The van der Waals surface area contributed by atoms with Gasteiger partial charge in [-0.3, -0.25) is 4.79 Å². The van der Waals surface area contributed by atoms with Crippen molar-refractivity contribution in [2.45, 2.75) is 38.6 Å². The third-order valence-electron chi connectivity index (χ3n) is 6.00. The van der Waals surface area contributed by atoms with Crippen LogP contribution in [0.5, 0.6) is 0 Å². The lowest BCUT2D eigenvalue weighted by Crippen LogP contribution is -2.38. The molecule has 0 spiro atoms. The van der Waals surface area contributed by atoms with Crippen LogP contribution in [-0.2, 0) is 6.42 Å². The normalized spacial score (nSPS) is 16.7. The van der Waals surface area contributed by atoms with Gasteiger partial charge in [-0.15, -0.1) is 0 Å². The summed E-state index contributed by atoms with van der Waals surface area (Å²) in [7, 11) is 0. The van der Waals surface area contributed by atoms with Gasteiger partial charge in [-0.2, -0.15) is 0 Å². The van der Waals surface area contributed by atoms with Crippen molar-refractivity contribution in [3.8, 4) is 0 Å². The zero-order chi connectivity index (χ0) is 21.4. The molecule has 1 saturated heterocycles. The molecule has 3 heterocycles. The number of hydrogen-bond acceptors (Lipinski definition) is 3. The Morgan fingerprint density at radius 2 is 2.10 bits per heavy atom. The van der Waals surface area contributed by atoms with Crippen LogP contribution < -0.4 is 0 Å². The van der Waals surface area contributed by atoms with Crippen molar-refractivity contribution in [3.05, 3.63) is 89.0 Å². The van der Waals surface area contributed by atoms with E-state index in [4.69, 9.17) is 4.42 Å². The quantitative estimate of drug-likeness (QED) is 0.473. The number of halogens is 1. The molecule has 31 heavy (non-hydrogen) atoms. The van der Waals surface area contributed by atoms with Gasteiger partial charge in [0.05, 0.1) is 6.20 Å². The van der Waals surface area contributed by atoms with Gasteiger partial charge in [0.1, 0.15) is 23.3 Å². The highest BCUT2D eigenvalue weighted by atomic mass is 19.1. The smallest absolute Gasteiger partial charge is 0.270 e. The van der Waals surface area contributed by atoms with E-state index in [1.165, 1.54) is 12.1 Å². The van der Waals surface area contributed by atoms with Crippen LogP contribution in [0.2, 0.25) is 0 Å². The van der Waals surface area contributed by atoms with Crippen LogP contribution in [0.1, 0.15) is 58.6 Å². The Bertz CT molecular complexity index is 1240. The number of oxazole rings is 1. The van der Waals surface area contributed by atoms with Gasteiger partial charge < -0.3 is 14.3 Å². The summed E-state index contributed by atoms with van der Waals surface area (Å²) in [4.78, 5) is 23.0. The average molecular weight is 417 g/mol. The molecular formula is C25H24FN3O2. The molecule has 0 aliphatic carbocycles. The van der Waals surface area contributed by atoms with E-state index >= 15 is 0 Å². The van der Waals surface area contributed by atoms with E-state index in [1.807, 2.05) is 42.2 Å².